The molecule has 0 saturated heterocycles. The fraction of sp³-hybridized carbons (Fsp3) is 0.176. The van der Waals surface area contributed by atoms with Crippen molar-refractivity contribution in [3.8, 4) is 11.5 Å². The van der Waals surface area contributed by atoms with Crippen molar-refractivity contribution < 1.29 is 23.5 Å². The van der Waals surface area contributed by atoms with Crippen LogP contribution in [0.3, 0.4) is 0 Å². The van der Waals surface area contributed by atoms with Crippen LogP contribution in [0.2, 0.25) is 5.02 Å². The highest BCUT2D eigenvalue weighted by Crippen LogP contribution is 2.39. The lowest BCUT2D eigenvalue weighted by Gasteiger charge is -2.24. The molecule has 0 unspecified atom stereocenters. The molecule has 2 aliphatic rings. The van der Waals surface area contributed by atoms with E-state index in [1.165, 1.54) is 17.0 Å². The standard InChI is InChI=1S/C17H11ClFNO4/c18-10-5-9(16-14(6-10)23-3-4-24-16)8-20-13-2-1-11(19)7-12(13)15(21)17(20)22/h1-2,5-7H,3-4,8H2. The average molecular weight is 348 g/mol. The van der Waals surface area contributed by atoms with Crippen LogP contribution in [0.25, 0.3) is 0 Å². The van der Waals surface area contributed by atoms with E-state index in [9.17, 15) is 14.0 Å². The summed E-state index contributed by atoms with van der Waals surface area (Å²) in [6.07, 6.45) is 0. The van der Waals surface area contributed by atoms with Crippen molar-refractivity contribution in [1.29, 1.82) is 0 Å². The van der Waals surface area contributed by atoms with Crippen LogP contribution in [0.1, 0.15) is 15.9 Å². The van der Waals surface area contributed by atoms with Gasteiger partial charge in [0.2, 0.25) is 0 Å². The van der Waals surface area contributed by atoms with Gasteiger partial charge in [0, 0.05) is 16.7 Å². The van der Waals surface area contributed by atoms with Crippen LogP contribution in [0.4, 0.5) is 10.1 Å². The number of Topliss-reactive ketones (excluding diaryl/α,β-unsaturated/α-hetero) is 1. The zero-order chi connectivity index (χ0) is 16.8. The molecule has 0 spiro atoms. The van der Waals surface area contributed by atoms with Gasteiger partial charge in [0.25, 0.3) is 11.7 Å². The number of hydrogen-bond acceptors (Lipinski definition) is 4. The van der Waals surface area contributed by atoms with Gasteiger partial charge in [-0.15, -0.1) is 0 Å². The van der Waals surface area contributed by atoms with Crippen molar-refractivity contribution in [1.82, 2.24) is 0 Å². The van der Waals surface area contributed by atoms with E-state index in [-0.39, 0.29) is 12.1 Å². The Balaban J connectivity index is 1.76. The monoisotopic (exact) mass is 347 g/mol. The first-order chi connectivity index (χ1) is 11.5. The topological polar surface area (TPSA) is 55.8 Å². The molecule has 2 aromatic carbocycles. The number of benzene rings is 2. The number of fused-ring (bicyclic) bond motifs is 2. The number of ketones is 1. The molecular formula is C17H11ClFNO4. The summed E-state index contributed by atoms with van der Waals surface area (Å²) in [6.45, 7) is 0.877. The minimum Gasteiger partial charge on any atom is -0.486 e. The number of carbonyl (C=O) groups is 2. The summed E-state index contributed by atoms with van der Waals surface area (Å²) in [5, 5.41) is 0.437. The predicted octanol–water partition coefficient (Wildman–Crippen LogP) is 2.98. The molecule has 0 radical (unpaired) electrons. The first-order valence-corrected chi connectivity index (χ1v) is 7.66. The van der Waals surface area contributed by atoms with Gasteiger partial charge in [-0.05, 0) is 24.3 Å². The molecule has 24 heavy (non-hydrogen) atoms. The molecule has 2 heterocycles. The second kappa shape index (κ2) is 5.49. The van der Waals surface area contributed by atoms with Crippen LogP contribution in [-0.4, -0.2) is 24.9 Å². The molecule has 2 aromatic rings. The first-order valence-electron chi connectivity index (χ1n) is 7.28. The van der Waals surface area contributed by atoms with Crippen molar-refractivity contribution in [3.05, 3.63) is 52.3 Å². The molecule has 0 saturated carbocycles. The molecule has 4 rings (SSSR count). The molecule has 0 N–H and O–H groups in total. The lowest BCUT2D eigenvalue weighted by molar-refractivity contribution is -0.114. The van der Waals surface area contributed by atoms with Gasteiger partial charge in [0.05, 0.1) is 17.8 Å². The van der Waals surface area contributed by atoms with Crippen molar-refractivity contribution >= 4 is 29.0 Å². The van der Waals surface area contributed by atoms with Crippen molar-refractivity contribution in [3.63, 3.8) is 0 Å². The third-order valence-corrected chi connectivity index (χ3v) is 4.16. The Morgan fingerprint density at radius 3 is 2.75 bits per heavy atom. The summed E-state index contributed by atoms with van der Waals surface area (Å²) in [5.74, 6) is -0.991. The first kappa shape index (κ1) is 15.0. The molecule has 7 heteroatoms. The highest BCUT2D eigenvalue weighted by Gasteiger charge is 2.36. The summed E-state index contributed by atoms with van der Waals surface area (Å²) in [7, 11) is 0. The zero-order valence-electron chi connectivity index (χ0n) is 12.3. The van der Waals surface area contributed by atoms with Gasteiger partial charge in [-0.2, -0.15) is 0 Å². The smallest absolute Gasteiger partial charge is 0.299 e. The fourth-order valence-electron chi connectivity index (χ4n) is 2.91. The van der Waals surface area contributed by atoms with Gasteiger partial charge in [-0.1, -0.05) is 11.6 Å². The van der Waals surface area contributed by atoms with E-state index in [1.807, 2.05) is 0 Å². The van der Waals surface area contributed by atoms with Crippen LogP contribution >= 0.6 is 11.6 Å². The molecule has 122 valence electrons. The van der Waals surface area contributed by atoms with Crippen molar-refractivity contribution in [2.45, 2.75) is 6.54 Å². The molecular weight excluding hydrogens is 337 g/mol. The van der Waals surface area contributed by atoms with E-state index in [1.54, 1.807) is 12.1 Å². The third-order valence-electron chi connectivity index (χ3n) is 3.95. The largest absolute Gasteiger partial charge is 0.486 e. The summed E-state index contributed by atoms with van der Waals surface area (Å²) < 4.78 is 24.5. The third kappa shape index (κ3) is 2.30. The van der Waals surface area contributed by atoms with Gasteiger partial charge >= 0.3 is 0 Å². The van der Waals surface area contributed by atoms with E-state index in [2.05, 4.69) is 0 Å². The second-order valence-corrected chi connectivity index (χ2v) is 5.91. The van der Waals surface area contributed by atoms with E-state index in [0.717, 1.165) is 6.07 Å². The maximum atomic E-state index is 13.4. The Morgan fingerprint density at radius 1 is 1.12 bits per heavy atom. The summed E-state index contributed by atoms with van der Waals surface area (Å²) in [6, 6.07) is 7.00. The Morgan fingerprint density at radius 2 is 1.92 bits per heavy atom. The summed E-state index contributed by atoms with van der Waals surface area (Å²) in [4.78, 5) is 25.6. The Kier molecular flexibility index (Phi) is 3.42. The van der Waals surface area contributed by atoms with Crippen molar-refractivity contribution in [2.75, 3.05) is 18.1 Å². The molecule has 0 bridgehead atoms. The molecule has 2 aliphatic heterocycles. The number of rotatable bonds is 2. The molecule has 0 atom stereocenters. The van der Waals surface area contributed by atoms with Crippen LogP contribution in [-0.2, 0) is 11.3 Å². The normalized spacial score (nSPS) is 15.7. The zero-order valence-corrected chi connectivity index (χ0v) is 13.1. The quantitative estimate of drug-likeness (QED) is 0.784. The van der Waals surface area contributed by atoms with Gasteiger partial charge < -0.3 is 14.4 Å². The van der Waals surface area contributed by atoms with Gasteiger partial charge in [-0.25, -0.2) is 4.39 Å². The van der Waals surface area contributed by atoms with Crippen LogP contribution in [0.15, 0.2) is 30.3 Å². The summed E-state index contributed by atoms with van der Waals surface area (Å²) >= 11 is 6.10. The fourth-order valence-corrected chi connectivity index (χ4v) is 3.14. The Hall–Kier alpha value is -2.60. The van der Waals surface area contributed by atoms with Gasteiger partial charge in [0.15, 0.2) is 11.5 Å². The lowest BCUT2D eigenvalue weighted by atomic mass is 10.1. The maximum Gasteiger partial charge on any atom is 0.299 e. The number of ether oxygens (including phenoxy) is 2. The Bertz CT molecular complexity index is 883. The van der Waals surface area contributed by atoms with E-state index in [0.29, 0.717) is 41.0 Å². The maximum absolute atomic E-state index is 13.4. The van der Waals surface area contributed by atoms with Gasteiger partial charge in [0.1, 0.15) is 19.0 Å². The SMILES string of the molecule is O=C1C(=O)N(Cc2cc(Cl)cc3c2OCCO3)c2ccc(F)cc21. The number of halogens is 2. The number of anilines is 1. The summed E-state index contributed by atoms with van der Waals surface area (Å²) in [5.41, 5.74) is 1.06. The minimum absolute atomic E-state index is 0.0630. The number of carbonyl (C=O) groups excluding carboxylic acids is 2. The van der Waals surface area contributed by atoms with E-state index >= 15 is 0 Å². The molecule has 5 nitrogen and oxygen atoms in total. The number of hydrogen-bond donors (Lipinski definition) is 0. The van der Waals surface area contributed by atoms with Crippen LogP contribution < -0.4 is 14.4 Å². The predicted molar refractivity (Wildman–Crippen MR) is 84.4 cm³/mol. The number of amides is 1. The average Bonchev–Trinajstić information content (AvgIpc) is 2.79. The van der Waals surface area contributed by atoms with Crippen LogP contribution in [0.5, 0.6) is 11.5 Å². The molecule has 1 amide bonds. The van der Waals surface area contributed by atoms with E-state index < -0.39 is 17.5 Å². The van der Waals surface area contributed by atoms with E-state index in [4.69, 9.17) is 21.1 Å². The highest BCUT2D eigenvalue weighted by atomic mass is 35.5. The van der Waals surface area contributed by atoms with Crippen molar-refractivity contribution in [2.24, 2.45) is 0 Å². The molecule has 0 aromatic heterocycles. The second-order valence-electron chi connectivity index (χ2n) is 5.47. The highest BCUT2D eigenvalue weighted by molar-refractivity contribution is 6.52. The lowest BCUT2D eigenvalue weighted by Crippen LogP contribution is -2.29. The molecule has 0 aliphatic carbocycles. The Labute approximate surface area is 141 Å². The number of nitrogens with zero attached hydrogens (tertiary/aromatic N) is 1. The molecule has 0 fully saturated rings. The van der Waals surface area contributed by atoms with Crippen LogP contribution in [0, 0.1) is 5.82 Å². The van der Waals surface area contributed by atoms with Gasteiger partial charge in [-0.3, -0.25) is 9.59 Å². The minimum atomic E-state index is -0.724.